The molecule has 1 saturated heterocycles. The number of aromatic nitrogens is 1. The Kier molecular flexibility index (Phi) is 7.83. The highest BCUT2D eigenvalue weighted by molar-refractivity contribution is 7.89. The Bertz CT molecular complexity index is 1250. The Hall–Kier alpha value is -2.82. The van der Waals surface area contributed by atoms with Gasteiger partial charge in [-0.25, -0.2) is 12.7 Å². The first-order valence-corrected chi connectivity index (χ1v) is 13.4. The number of anilines is 1. The van der Waals surface area contributed by atoms with E-state index in [-0.39, 0.29) is 10.9 Å². The zero-order chi connectivity index (χ0) is 25.0. The summed E-state index contributed by atoms with van der Waals surface area (Å²) in [6, 6.07) is 11.5. The predicted molar refractivity (Wildman–Crippen MR) is 136 cm³/mol. The van der Waals surface area contributed by atoms with Crippen molar-refractivity contribution in [1.29, 1.82) is 0 Å². The molecule has 0 unspecified atom stereocenters. The minimum Gasteiger partial charge on any atom is -0.493 e. The van der Waals surface area contributed by atoms with Gasteiger partial charge in [0, 0.05) is 26.7 Å². The molecule has 1 N–H and O–H groups in total. The number of fused-ring (bicyclic) bond motifs is 1. The van der Waals surface area contributed by atoms with Crippen molar-refractivity contribution < 1.29 is 22.3 Å². The van der Waals surface area contributed by atoms with Gasteiger partial charge in [-0.2, -0.15) is 4.98 Å². The average Bonchev–Trinajstić information content (AvgIpc) is 3.29. The minimum absolute atomic E-state index is 0.191. The van der Waals surface area contributed by atoms with Crippen molar-refractivity contribution in [3.8, 4) is 11.5 Å². The molecule has 0 spiro atoms. The maximum atomic E-state index is 12.6. The van der Waals surface area contributed by atoms with Gasteiger partial charge in [0.2, 0.25) is 10.0 Å². The first-order chi connectivity index (χ1) is 16.8. The van der Waals surface area contributed by atoms with Gasteiger partial charge in [0.25, 0.3) is 6.01 Å². The summed E-state index contributed by atoms with van der Waals surface area (Å²) in [5.41, 5.74) is 2.12. The summed E-state index contributed by atoms with van der Waals surface area (Å²) >= 11 is 0. The van der Waals surface area contributed by atoms with Crippen LogP contribution in [0.3, 0.4) is 0 Å². The van der Waals surface area contributed by atoms with Crippen molar-refractivity contribution in [1.82, 2.24) is 14.6 Å². The van der Waals surface area contributed by atoms with Crippen molar-refractivity contribution in [2.45, 2.75) is 43.7 Å². The lowest BCUT2D eigenvalue weighted by molar-refractivity contribution is 0.294. The van der Waals surface area contributed by atoms with Crippen LogP contribution in [-0.4, -0.2) is 64.7 Å². The van der Waals surface area contributed by atoms with Gasteiger partial charge >= 0.3 is 0 Å². The van der Waals surface area contributed by atoms with Crippen molar-refractivity contribution in [3.05, 3.63) is 42.0 Å². The van der Waals surface area contributed by atoms with Gasteiger partial charge in [-0.05, 0) is 68.2 Å². The van der Waals surface area contributed by atoms with Crippen LogP contribution in [0.15, 0.2) is 45.7 Å². The smallest absolute Gasteiger partial charge is 0.298 e. The lowest BCUT2D eigenvalue weighted by Gasteiger charge is -2.33. The number of nitrogens with one attached hydrogen (secondary N) is 1. The van der Waals surface area contributed by atoms with Crippen molar-refractivity contribution in [2.24, 2.45) is 0 Å². The Morgan fingerprint density at radius 2 is 1.89 bits per heavy atom. The minimum atomic E-state index is -3.56. The number of nitrogens with zero attached hydrogens (tertiary/aromatic N) is 3. The van der Waals surface area contributed by atoms with Crippen LogP contribution >= 0.6 is 0 Å². The van der Waals surface area contributed by atoms with Gasteiger partial charge in [0.05, 0.1) is 18.6 Å². The molecule has 190 valence electrons. The molecule has 1 aliphatic rings. The molecule has 1 fully saturated rings. The second-order valence-corrected chi connectivity index (χ2v) is 11.0. The quantitative estimate of drug-likeness (QED) is 0.449. The monoisotopic (exact) mass is 502 g/mol. The SMILES string of the molecule is CCCOc1cc(CN(c2nc3cc(S(=O)(=O)N(C)C)ccc3o2)C2CCNCC2)ccc1OC. The molecule has 2 heterocycles. The molecule has 0 radical (unpaired) electrons. The molecule has 1 aliphatic heterocycles. The third kappa shape index (κ3) is 5.55. The van der Waals surface area contributed by atoms with Gasteiger partial charge in [-0.3, -0.25) is 0 Å². The van der Waals surface area contributed by atoms with E-state index in [9.17, 15) is 8.42 Å². The summed E-state index contributed by atoms with van der Waals surface area (Å²) in [7, 11) is 1.10. The van der Waals surface area contributed by atoms with E-state index in [1.54, 1.807) is 25.3 Å². The van der Waals surface area contributed by atoms with Crippen LogP contribution in [0.5, 0.6) is 11.5 Å². The van der Waals surface area contributed by atoms with Gasteiger partial charge in [-0.15, -0.1) is 0 Å². The van der Waals surface area contributed by atoms with Crippen LogP contribution in [0.1, 0.15) is 31.7 Å². The Balaban J connectivity index is 1.69. The zero-order valence-corrected chi connectivity index (χ0v) is 21.6. The Morgan fingerprint density at radius 3 is 2.57 bits per heavy atom. The molecule has 2 aromatic carbocycles. The molecule has 0 bridgehead atoms. The number of hydrogen-bond acceptors (Lipinski definition) is 8. The van der Waals surface area contributed by atoms with Crippen LogP contribution in [0.2, 0.25) is 0 Å². The fourth-order valence-electron chi connectivity index (χ4n) is 4.20. The molecule has 10 heteroatoms. The molecular formula is C25H34N4O5S. The van der Waals surface area contributed by atoms with E-state index in [4.69, 9.17) is 18.9 Å². The first-order valence-electron chi connectivity index (χ1n) is 11.9. The molecule has 9 nitrogen and oxygen atoms in total. The van der Waals surface area contributed by atoms with E-state index < -0.39 is 10.0 Å². The fourth-order valence-corrected chi connectivity index (χ4v) is 5.12. The molecule has 0 aliphatic carbocycles. The van der Waals surface area contributed by atoms with Crippen LogP contribution in [-0.2, 0) is 16.6 Å². The first kappa shape index (κ1) is 25.3. The Morgan fingerprint density at radius 1 is 1.11 bits per heavy atom. The van der Waals surface area contributed by atoms with E-state index in [0.717, 1.165) is 37.9 Å². The molecule has 0 atom stereocenters. The number of benzene rings is 2. The third-order valence-corrected chi connectivity index (χ3v) is 7.98. The maximum Gasteiger partial charge on any atom is 0.298 e. The normalized spacial score (nSPS) is 15.0. The standard InChI is InChI=1S/C25H34N4O5S/c1-5-14-33-24-15-18(6-8-23(24)32-4)17-29(19-10-12-26-13-11-19)25-27-21-16-20(7-9-22(21)34-25)35(30,31)28(2)3/h6-9,15-16,19,26H,5,10-14,17H2,1-4H3. The van der Waals surface area contributed by atoms with Crippen LogP contribution in [0.4, 0.5) is 6.01 Å². The number of hydrogen-bond donors (Lipinski definition) is 1. The van der Waals surface area contributed by atoms with Gasteiger partial charge in [-0.1, -0.05) is 13.0 Å². The highest BCUT2D eigenvalue weighted by Crippen LogP contribution is 2.32. The summed E-state index contributed by atoms with van der Waals surface area (Å²) in [6.45, 7) is 5.09. The number of sulfonamides is 1. The van der Waals surface area contributed by atoms with Gasteiger partial charge in [0.15, 0.2) is 17.1 Å². The Labute approximate surface area is 207 Å². The van der Waals surface area contributed by atoms with E-state index >= 15 is 0 Å². The topological polar surface area (TPSA) is 97.1 Å². The van der Waals surface area contributed by atoms with E-state index in [0.29, 0.717) is 41.8 Å². The number of ether oxygens (including phenoxy) is 2. The maximum absolute atomic E-state index is 12.6. The largest absolute Gasteiger partial charge is 0.493 e. The third-order valence-electron chi connectivity index (χ3n) is 6.16. The van der Waals surface area contributed by atoms with Gasteiger partial charge in [0.1, 0.15) is 5.52 Å². The zero-order valence-electron chi connectivity index (χ0n) is 20.8. The molecule has 4 rings (SSSR count). The summed E-state index contributed by atoms with van der Waals surface area (Å²) < 4.78 is 43.9. The van der Waals surface area contributed by atoms with Crippen LogP contribution < -0.4 is 19.7 Å². The molecule has 0 amide bonds. The molecule has 3 aromatic rings. The molecule has 1 aromatic heterocycles. The van der Waals surface area contributed by atoms with E-state index in [1.807, 2.05) is 18.2 Å². The second-order valence-electron chi connectivity index (χ2n) is 8.86. The highest BCUT2D eigenvalue weighted by Gasteiger charge is 2.27. The van der Waals surface area contributed by atoms with Crippen molar-refractivity contribution in [3.63, 3.8) is 0 Å². The summed E-state index contributed by atoms with van der Waals surface area (Å²) in [5.74, 6) is 1.42. The lowest BCUT2D eigenvalue weighted by atomic mass is 10.0. The highest BCUT2D eigenvalue weighted by atomic mass is 32.2. The van der Waals surface area contributed by atoms with Gasteiger partial charge < -0.3 is 24.1 Å². The van der Waals surface area contributed by atoms with E-state index in [2.05, 4.69) is 17.1 Å². The summed E-state index contributed by atoms with van der Waals surface area (Å²) in [5, 5.41) is 3.41. The fraction of sp³-hybridized carbons (Fsp3) is 0.480. The molecule has 0 saturated carbocycles. The number of oxazole rings is 1. The average molecular weight is 503 g/mol. The van der Waals surface area contributed by atoms with Crippen molar-refractivity contribution >= 4 is 27.1 Å². The molecular weight excluding hydrogens is 468 g/mol. The number of methoxy groups -OCH3 is 1. The van der Waals surface area contributed by atoms with Crippen LogP contribution in [0, 0.1) is 0 Å². The lowest BCUT2D eigenvalue weighted by Crippen LogP contribution is -2.43. The number of rotatable bonds is 10. The summed E-state index contributed by atoms with van der Waals surface area (Å²) in [4.78, 5) is 7.09. The number of piperidine rings is 1. The van der Waals surface area contributed by atoms with Crippen LogP contribution in [0.25, 0.3) is 11.1 Å². The predicted octanol–water partition coefficient (Wildman–Crippen LogP) is 3.63. The van der Waals surface area contributed by atoms with E-state index in [1.165, 1.54) is 18.4 Å². The molecule has 35 heavy (non-hydrogen) atoms. The summed E-state index contributed by atoms with van der Waals surface area (Å²) in [6.07, 6.45) is 2.81. The van der Waals surface area contributed by atoms with Crippen molar-refractivity contribution in [2.75, 3.05) is 45.8 Å². The second kappa shape index (κ2) is 10.8.